The summed E-state index contributed by atoms with van der Waals surface area (Å²) >= 11 is 0. The van der Waals surface area contributed by atoms with Gasteiger partial charge in [0.25, 0.3) is 0 Å². The number of benzene rings is 2. The lowest BCUT2D eigenvalue weighted by Gasteiger charge is -2.37. The van der Waals surface area contributed by atoms with E-state index in [2.05, 4.69) is 4.74 Å². The molecule has 1 aromatic heterocycles. The van der Waals surface area contributed by atoms with Gasteiger partial charge in [-0.1, -0.05) is 31.9 Å². The number of ether oxygens (including phenoxy) is 2. The summed E-state index contributed by atoms with van der Waals surface area (Å²) in [5.74, 6) is -25.3. The highest BCUT2D eigenvalue weighted by Gasteiger charge is 2.79. The number of rotatable bonds is 18. The van der Waals surface area contributed by atoms with Crippen molar-refractivity contribution in [2.24, 2.45) is 0 Å². The second kappa shape index (κ2) is 15.5. The van der Waals surface area contributed by atoms with Crippen LogP contribution in [0.25, 0.3) is 22.1 Å². The molecule has 18 heteroatoms. The Balaban J connectivity index is 1.80. The molecule has 0 saturated heterocycles. The van der Waals surface area contributed by atoms with Gasteiger partial charge >= 0.3 is 44.2 Å². The topological polar surface area (TPSA) is 67.1 Å². The summed E-state index contributed by atoms with van der Waals surface area (Å²) in [4.78, 5) is 12.9. The summed E-state index contributed by atoms with van der Waals surface area (Å²) in [6, 6.07) is 7.46. The molecule has 0 radical (unpaired) electrons. The maximum Gasteiger partial charge on any atom is 0.573 e. The van der Waals surface area contributed by atoms with E-state index in [-0.39, 0.29) is 27.8 Å². The Morgan fingerprint density at radius 2 is 1.38 bits per heavy atom. The average Bonchev–Trinajstić information content (AvgIpc) is 3.02. The molecule has 0 aliphatic rings. The van der Waals surface area contributed by atoms with Gasteiger partial charge in [-0.05, 0) is 55.3 Å². The second-order valence-electron chi connectivity index (χ2n) is 11.7. The van der Waals surface area contributed by atoms with Crippen LogP contribution >= 0.6 is 0 Å². The van der Waals surface area contributed by atoms with Crippen LogP contribution < -0.4 is 15.1 Å². The molecule has 0 bridgehead atoms. The van der Waals surface area contributed by atoms with Crippen LogP contribution in [0.5, 0.6) is 11.5 Å². The van der Waals surface area contributed by atoms with Gasteiger partial charge in [-0.15, -0.1) is 13.2 Å². The maximum absolute atomic E-state index is 14.5. The van der Waals surface area contributed by atoms with Crippen molar-refractivity contribution in [2.75, 3.05) is 20.8 Å². The molecule has 0 spiro atoms. The average molecular weight is 753 g/mol. The van der Waals surface area contributed by atoms with Crippen LogP contribution in [0, 0.1) is 0 Å². The molecule has 0 unspecified atom stereocenters. The molecule has 0 N–H and O–H groups in total. The summed E-state index contributed by atoms with van der Waals surface area (Å²) in [7, 11) is -1.37. The first-order chi connectivity index (χ1) is 23.0. The Kier molecular flexibility index (Phi) is 12.7. The second-order valence-corrected chi connectivity index (χ2v) is 15.3. The van der Waals surface area contributed by atoms with Crippen LogP contribution in [0.1, 0.15) is 44.6 Å². The number of hydrogen-bond donors (Lipinski definition) is 0. The fraction of sp³-hybridized carbons (Fsp3) is 0.531. The third kappa shape index (κ3) is 9.28. The fourth-order valence-corrected chi connectivity index (χ4v) is 6.19. The Bertz CT molecular complexity index is 1660. The Hall–Kier alpha value is -3.38. The van der Waals surface area contributed by atoms with Crippen molar-refractivity contribution in [2.45, 2.75) is 88.1 Å². The zero-order valence-electron chi connectivity index (χ0n) is 27.3. The lowest BCUT2D eigenvalue weighted by atomic mass is 9.95. The van der Waals surface area contributed by atoms with Crippen molar-refractivity contribution in [3.05, 3.63) is 58.4 Å². The smallest absolute Gasteiger partial charge is 0.493 e. The maximum atomic E-state index is 14.5. The van der Waals surface area contributed by atoms with Crippen molar-refractivity contribution in [3.8, 4) is 22.6 Å². The van der Waals surface area contributed by atoms with E-state index in [1.54, 1.807) is 0 Å². The van der Waals surface area contributed by atoms with E-state index in [4.69, 9.17) is 18.0 Å². The molecule has 1 heterocycles. The number of hydrogen-bond acceptors (Lipinski definition) is 6. The predicted octanol–water partition coefficient (Wildman–Crippen LogP) is 10.2. The van der Waals surface area contributed by atoms with E-state index >= 15 is 0 Å². The van der Waals surface area contributed by atoms with Gasteiger partial charge < -0.3 is 22.7 Å². The zero-order valence-corrected chi connectivity index (χ0v) is 28.3. The first-order valence-electron chi connectivity index (χ1n) is 15.2. The van der Waals surface area contributed by atoms with Gasteiger partial charge in [0, 0.05) is 37.7 Å². The van der Waals surface area contributed by atoms with Crippen LogP contribution in [-0.4, -0.2) is 59.4 Å². The van der Waals surface area contributed by atoms with Crippen molar-refractivity contribution >= 4 is 19.5 Å². The number of aryl methyl sites for hydroxylation is 1. The van der Waals surface area contributed by atoms with E-state index < -0.39 is 75.5 Å². The standard InChI is InChI=1S/C32H35F11O6Si/c1-5-6-7-8-20-9-12-23(26(17-20)49-32(41,42)43)24-18-21-10-11-22(19-25(21)48-27(24)44)47-15-13-28(33,34)30(37,38)31(39,40)29(35,36)14-16-50(4,45-2)46-3/h9-12,17-19H,5-8,13-16H2,1-4H3. The van der Waals surface area contributed by atoms with Gasteiger partial charge in [0.05, 0.1) is 18.6 Å². The van der Waals surface area contributed by atoms with E-state index in [0.717, 1.165) is 45.3 Å². The molecule has 0 aliphatic heterocycles. The van der Waals surface area contributed by atoms with E-state index in [1.165, 1.54) is 30.8 Å². The van der Waals surface area contributed by atoms with Crippen molar-refractivity contribution in [3.63, 3.8) is 0 Å². The quantitative estimate of drug-likeness (QED) is 0.0558. The predicted molar refractivity (Wildman–Crippen MR) is 163 cm³/mol. The molecular formula is C32H35F11O6Si. The molecule has 3 aromatic rings. The van der Waals surface area contributed by atoms with Crippen LogP contribution in [0.3, 0.4) is 0 Å². The number of fused-ring (bicyclic) bond motifs is 1. The highest BCUT2D eigenvalue weighted by molar-refractivity contribution is 6.65. The summed E-state index contributed by atoms with van der Waals surface area (Å²) < 4.78 is 179. The third-order valence-corrected chi connectivity index (χ3v) is 11.0. The van der Waals surface area contributed by atoms with Gasteiger partial charge in [-0.3, -0.25) is 0 Å². The van der Waals surface area contributed by atoms with Crippen molar-refractivity contribution in [1.29, 1.82) is 0 Å². The van der Waals surface area contributed by atoms with Gasteiger partial charge in [-0.25, -0.2) is 4.79 Å². The largest absolute Gasteiger partial charge is 0.573 e. The normalized spacial score (nSPS) is 13.6. The monoisotopic (exact) mass is 752 g/mol. The van der Waals surface area contributed by atoms with Gasteiger partial charge in [-0.2, -0.15) is 35.1 Å². The molecule has 0 saturated carbocycles. The molecule has 0 fully saturated rings. The molecule has 0 atom stereocenters. The number of halogens is 11. The van der Waals surface area contributed by atoms with Crippen LogP contribution in [-0.2, 0) is 15.3 Å². The Morgan fingerprint density at radius 1 is 0.760 bits per heavy atom. The third-order valence-electron chi connectivity index (χ3n) is 8.09. The molecule has 50 heavy (non-hydrogen) atoms. The van der Waals surface area contributed by atoms with E-state index in [9.17, 15) is 53.1 Å². The molecular weight excluding hydrogens is 717 g/mol. The fourth-order valence-electron chi connectivity index (χ4n) is 4.84. The first kappa shape index (κ1) is 41.0. The first-order valence-corrected chi connectivity index (χ1v) is 17.8. The molecule has 2 aromatic carbocycles. The van der Waals surface area contributed by atoms with Gasteiger partial charge in [0.2, 0.25) is 0 Å². The summed E-state index contributed by atoms with van der Waals surface area (Å²) in [5, 5.41) is 0.108. The lowest BCUT2D eigenvalue weighted by molar-refractivity contribution is -0.367. The van der Waals surface area contributed by atoms with Crippen molar-refractivity contribution in [1.82, 2.24) is 0 Å². The van der Waals surface area contributed by atoms with Crippen LogP contribution in [0.4, 0.5) is 48.3 Å². The number of alkyl halides is 11. The van der Waals surface area contributed by atoms with E-state index in [1.807, 2.05) is 6.92 Å². The van der Waals surface area contributed by atoms with Crippen molar-refractivity contribution < 1.29 is 71.0 Å². The Morgan fingerprint density at radius 3 is 1.96 bits per heavy atom. The molecule has 6 nitrogen and oxygen atoms in total. The molecule has 3 rings (SSSR count). The van der Waals surface area contributed by atoms with Crippen LogP contribution in [0.2, 0.25) is 12.6 Å². The minimum Gasteiger partial charge on any atom is -0.493 e. The highest BCUT2D eigenvalue weighted by Crippen LogP contribution is 2.55. The zero-order chi connectivity index (χ0) is 37.8. The van der Waals surface area contributed by atoms with Crippen LogP contribution in [0.15, 0.2) is 51.7 Å². The molecule has 280 valence electrons. The minimum atomic E-state index is -6.51. The summed E-state index contributed by atoms with van der Waals surface area (Å²) in [6.45, 7) is 1.79. The SMILES string of the molecule is CCCCCc1ccc(-c2cc3ccc(OCCC(F)(F)C(F)(F)C(F)(F)C(F)(F)CC[Si](C)(OC)OC)cc3oc2=O)c(OC(F)(F)F)c1. The lowest BCUT2D eigenvalue weighted by Crippen LogP contribution is -2.62. The van der Waals surface area contributed by atoms with Gasteiger partial charge in [0.1, 0.15) is 17.1 Å². The molecule has 0 aliphatic carbocycles. The highest BCUT2D eigenvalue weighted by atomic mass is 28.4. The Labute approximate surface area is 280 Å². The van der Waals surface area contributed by atoms with E-state index in [0.29, 0.717) is 18.4 Å². The number of unbranched alkanes of at least 4 members (excludes halogenated alkanes) is 2. The van der Waals surface area contributed by atoms with Gasteiger partial charge in [0.15, 0.2) is 0 Å². The summed E-state index contributed by atoms with van der Waals surface area (Å²) in [5.41, 5.74) is -1.42. The summed E-state index contributed by atoms with van der Waals surface area (Å²) in [6.07, 6.45) is -6.24. The molecule has 0 amide bonds. The minimum absolute atomic E-state index is 0.108.